The molecule has 0 radical (unpaired) electrons. The predicted octanol–water partition coefficient (Wildman–Crippen LogP) is 28.6. The lowest BCUT2D eigenvalue weighted by Gasteiger charge is -2.07. The summed E-state index contributed by atoms with van der Waals surface area (Å²) in [6.45, 7) is 0. The number of para-hydroxylation sites is 7. The number of pyridine rings is 2. The smallest absolute Gasteiger partial charge is 0.165 e. The van der Waals surface area contributed by atoms with Crippen LogP contribution in [0.25, 0.3) is 268 Å². The summed E-state index contributed by atoms with van der Waals surface area (Å²) < 4.78 is 26.1. The second-order valence-electron chi connectivity index (χ2n) is 31.0. The van der Waals surface area contributed by atoms with Gasteiger partial charge < -0.3 is 13.3 Å². The van der Waals surface area contributed by atoms with E-state index in [1.54, 1.807) is 0 Å². The van der Waals surface area contributed by atoms with E-state index in [0.29, 0.717) is 0 Å². The first-order chi connectivity index (χ1) is 57.5. The molecule has 0 aliphatic carbocycles. The maximum atomic E-state index is 6.45. The standard InChI is InChI=1S/2C37H20N2O.C32H17N3O/c1-3-10-24-21(7-1)9-5-11-25(24)22-15-17-32-29(19-22)35-33(40-32)18-16-31-34(35)27-13-6-12-26-28-20-23-8-2-4-14-30(23)38-37(28)39(31)36(26)27;1-2-8-22-17-23(14-13-21(22)7-1)25-19-27-28-18-24-9-3-5-11-30(24)38-37(28)39-31-15-16-33-35(34(31)29(20-25)36(27)39)26-10-4-6-12-32(26)40-33;1-2-7-18(8-3-1)19-13-15-26-22(17-19)29-27(36-26)16-14-25-28(29)20-9-6-10-21-30-32(35(25)31(20)21)34-24-12-5-4-11-23(24)33-30/h2*1-20H;1-17H. The minimum Gasteiger partial charge on any atom is -0.456 e. The fourth-order valence-corrected chi connectivity index (χ4v) is 19.8. The Morgan fingerprint density at radius 2 is 0.612 bits per heavy atom. The molecule has 12 aromatic heterocycles. The van der Waals surface area contributed by atoms with Crippen LogP contribution in [0, 0.1) is 0 Å². The van der Waals surface area contributed by atoms with Crippen LogP contribution < -0.4 is 0 Å². The van der Waals surface area contributed by atoms with Crippen molar-refractivity contribution < 1.29 is 13.3 Å². The molecule has 17 aromatic carbocycles. The molecule has 0 N–H and O–H groups in total. The summed E-state index contributed by atoms with van der Waals surface area (Å²) in [6.07, 6.45) is 0. The lowest BCUT2D eigenvalue weighted by Crippen LogP contribution is -1.88. The number of nitrogens with zero attached hydrogens (tertiary/aromatic N) is 7. The summed E-state index contributed by atoms with van der Waals surface area (Å²) in [5, 5.41) is 27.5. The third-order valence-electron chi connectivity index (χ3n) is 24.9. The van der Waals surface area contributed by atoms with Crippen molar-refractivity contribution in [1.29, 1.82) is 0 Å². The third-order valence-corrected chi connectivity index (χ3v) is 24.9. The molecule has 0 fully saturated rings. The average molecular weight is 1480 g/mol. The monoisotopic (exact) mass is 1480 g/mol. The van der Waals surface area contributed by atoms with Crippen LogP contribution in [-0.4, -0.2) is 33.1 Å². The minimum atomic E-state index is 0.895. The molecule has 0 spiro atoms. The van der Waals surface area contributed by atoms with Gasteiger partial charge in [0.2, 0.25) is 0 Å². The second-order valence-corrected chi connectivity index (χ2v) is 31.0. The van der Waals surface area contributed by atoms with Crippen LogP contribution in [-0.2, 0) is 0 Å². The Morgan fingerprint density at radius 3 is 1.29 bits per heavy atom. The molecule has 0 unspecified atom stereocenters. The van der Waals surface area contributed by atoms with Gasteiger partial charge in [-0.3, -0.25) is 13.2 Å². The molecule has 0 bridgehead atoms. The predicted molar refractivity (Wildman–Crippen MR) is 480 cm³/mol. The molecule has 10 nitrogen and oxygen atoms in total. The zero-order chi connectivity index (χ0) is 75.3. The van der Waals surface area contributed by atoms with Crippen molar-refractivity contribution in [1.82, 2.24) is 33.1 Å². The van der Waals surface area contributed by atoms with Gasteiger partial charge >= 0.3 is 0 Å². The van der Waals surface area contributed by atoms with E-state index in [1.807, 2.05) is 36.4 Å². The number of furan rings is 3. The Morgan fingerprint density at radius 1 is 0.190 bits per heavy atom. The van der Waals surface area contributed by atoms with E-state index in [4.69, 9.17) is 33.2 Å². The molecule has 0 saturated heterocycles. The van der Waals surface area contributed by atoms with Gasteiger partial charge in [-0.1, -0.05) is 224 Å². The highest BCUT2D eigenvalue weighted by Gasteiger charge is 2.28. The van der Waals surface area contributed by atoms with Crippen LogP contribution in [0.15, 0.2) is 359 Å². The Labute approximate surface area is 656 Å². The molecule has 116 heavy (non-hydrogen) atoms. The van der Waals surface area contributed by atoms with Gasteiger partial charge in [-0.05, 0) is 176 Å². The van der Waals surface area contributed by atoms with E-state index in [-0.39, 0.29) is 0 Å². The Kier molecular flexibility index (Phi) is 12.3. The molecular weight excluding hydrogens is 1420 g/mol. The van der Waals surface area contributed by atoms with Crippen molar-refractivity contribution in [3.63, 3.8) is 0 Å². The van der Waals surface area contributed by atoms with Crippen molar-refractivity contribution in [2.75, 3.05) is 0 Å². The van der Waals surface area contributed by atoms with Crippen molar-refractivity contribution >= 4 is 235 Å². The van der Waals surface area contributed by atoms with Crippen molar-refractivity contribution in [3.8, 4) is 33.4 Å². The van der Waals surface area contributed by atoms with Gasteiger partial charge in [-0.15, -0.1) is 0 Å². The zero-order valence-corrected chi connectivity index (χ0v) is 61.8. The van der Waals surface area contributed by atoms with E-state index in [2.05, 4.69) is 323 Å². The molecule has 12 heterocycles. The summed E-state index contributed by atoms with van der Waals surface area (Å²) in [7, 11) is 0. The van der Waals surface area contributed by atoms with Crippen molar-refractivity contribution in [3.05, 3.63) is 346 Å². The highest BCUT2D eigenvalue weighted by Crippen LogP contribution is 2.50. The van der Waals surface area contributed by atoms with E-state index >= 15 is 0 Å². The van der Waals surface area contributed by atoms with Crippen LogP contribution in [0.4, 0.5) is 0 Å². The fraction of sp³-hybridized carbons (Fsp3) is 0. The van der Waals surface area contributed by atoms with E-state index in [0.717, 1.165) is 132 Å². The number of hydrogen-bond donors (Lipinski definition) is 0. The Bertz CT molecular complexity index is 9320. The molecule has 0 atom stereocenters. The van der Waals surface area contributed by atoms with E-state index < -0.39 is 0 Å². The van der Waals surface area contributed by atoms with Gasteiger partial charge in [0.05, 0.1) is 55.2 Å². The highest BCUT2D eigenvalue weighted by molar-refractivity contribution is 6.36. The fourth-order valence-electron chi connectivity index (χ4n) is 19.8. The van der Waals surface area contributed by atoms with Gasteiger partial charge in [-0.2, -0.15) is 0 Å². The largest absolute Gasteiger partial charge is 0.456 e. The lowest BCUT2D eigenvalue weighted by molar-refractivity contribution is 0.669. The van der Waals surface area contributed by atoms with Gasteiger partial charge in [0.1, 0.15) is 50.3 Å². The first-order valence-electron chi connectivity index (χ1n) is 39.4. The molecule has 0 aliphatic rings. The molecule has 0 amide bonds. The van der Waals surface area contributed by atoms with Gasteiger partial charge in [0.25, 0.3) is 0 Å². The summed E-state index contributed by atoms with van der Waals surface area (Å²) >= 11 is 0. The molecule has 0 saturated carbocycles. The zero-order valence-electron chi connectivity index (χ0n) is 61.8. The number of rotatable bonds is 3. The van der Waals surface area contributed by atoms with Crippen molar-refractivity contribution in [2.24, 2.45) is 0 Å². The first-order valence-corrected chi connectivity index (χ1v) is 39.4. The van der Waals surface area contributed by atoms with Crippen LogP contribution in [0.3, 0.4) is 0 Å². The Hall–Kier alpha value is -15.8. The second kappa shape index (κ2) is 23.0. The summed E-state index contributed by atoms with van der Waals surface area (Å²) in [5.74, 6) is 0. The molecular formula is C106H57N7O3. The number of aromatic nitrogens is 7. The van der Waals surface area contributed by atoms with Crippen LogP contribution in [0.5, 0.6) is 0 Å². The van der Waals surface area contributed by atoms with Crippen LogP contribution >= 0.6 is 0 Å². The van der Waals surface area contributed by atoms with Gasteiger partial charge in [0.15, 0.2) is 5.65 Å². The normalized spacial score (nSPS) is 12.5. The van der Waals surface area contributed by atoms with E-state index in [9.17, 15) is 0 Å². The summed E-state index contributed by atoms with van der Waals surface area (Å²) in [6, 6.07) is 123. The van der Waals surface area contributed by atoms with Gasteiger partial charge in [0, 0.05) is 102 Å². The molecule has 534 valence electrons. The Balaban J connectivity index is 0.0000000933. The maximum absolute atomic E-state index is 6.45. The first kappa shape index (κ1) is 61.9. The number of fused-ring (bicyclic) bond motifs is 35. The SMILES string of the molecule is c1ccc(-c2ccc3oc4ccc5c(c6cccc7c8nc9ccccc9nc8n5c76)c4c3c2)cc1.c1ccc2cc(-c3cc4c5cc6ccccc6nc5n5c6ccc7oc8ccccc8c7c6c(c3)c45)ccc2c1.c1ccc2nc3c(cc2c1)c1cccc2c4c5c(ccc4n3c12)oc1ccc(-c2cccc3ccccc23)cc15. The summed E-state index contributed by atoms with van der Waals surface area (Å²) in [4.78, 5) is 20.5. The highest BCUT2D eigenvalue weighted by atomic mass is 16.3. The number of benzene rings is 17. The van der Waals surface area contributed by atoms with Crippen LogP contribution in [0.1, 0.15) is 0 Å². The van der Waals surface area contributed by atoms with E-state index in [1.165, 1.54) is 136 Å². The molecule has 10 heteroatoms. The third kappa shape index (κ3) is 8.51. The molecule has 29 aromatic rings. The average Bonchev–Trinajstić information content (AvgIpc) is 1.54. The van der Waals surface area contributed by atoms with Gasteiger partial charge in [-0.25, -0.2) is 19.9 Å². The van der Waals surface area contributed by atoms with Crippen molar-refractivity contribution in [2.45, 2.75) is 0 Å². The molecule has 0 aliphatic heterocycles. The minimum absolute atomic E-state index is 0.895. The van der Waals surface area contributed by atoms with Crippen LogP contribution in [0.2, 0.25) is 0 Å². The lowest BCUT2D eigenvalue weighted by atomic mass is 9.96. The topological polar surface area (TPSA) is 104 Å². The maximum Gasteiger partial charge on any atom is 0.165 e. The number of hydrogen-bond acceptors (Lipinski definition) is 7. The summed E-state index contributed by atoms with van der Waals surface area (Å²) in [5.41, 5.74) is 27.4. The quantitative estimate of drug-likeness (QED) is 0.174. The molecule has 29 rings (SSSR count).